The highest BCUT2D eigenvalue weighted by atomic mass is 15.0. The predicted octanol–water partition coefficient (Wildman–Crippen LogP) is 6.17. The summed E-state index contributed by atoms with van der Waals surface area (Å²) in [6, 6.07) is 13.2. The molecule has 2 aromatic rings. The van der Waals surface area contributed by atoms with Crippen molar-refractivity contribution in [3.8, 4) is 11.3 Å². The van der Waals surface area contributed by atoms with Crippen molar-refractivity contribution in [3.05, 3.63) is 47.5 Å². The van der Waals surface area contributed by atoms with E-state index in [4.69, 9.17) is 4.98 Å². The summed E-state index contributed by atoms with van der Waals surface area (Å²) in [4.78, 5) is 4.82. The van der Waals surface area contributed by atoms with Gasteiger partial charge in [0.1, 0.15) is 5.82 Å². The summed E-state index contributed by atoms with van der Waals surface area (Å²) in [6.07, 6.45) is 1.10. The van der Waals surface area contributed by atoms with Gasteiger partial charge in [0.2, 0.25) is 0 Å². The molecule has 0 radical (unpaired) electrons. The third-order valence-electron chi connectivity index (χ3n) is 4.27. The normalized spacial score (nSPS) is 12.3. The maximum Gasteiger partial charge on any atom is 0.126 e. The van der Waals surface area contributed by atoms with Crippen LogP contribution in [0.2, 0.25) is 0 Å². The van der Waals surface area contributed by atoms with E-state index in [0.717, 1.165) is 24.5 Å². The van der Waals surface area contributed by atoms with Crippen molar-refractivity contribution in [2.75, 3.05) is 11.9 Å². The number of benzene rings is 1. The molecule has 0 aliphatic carbocycles. The number of nitrogens with zero attached hydrogens (tertiary/aromatic N) is 1. The van der Waals surface area contributed by atoms with E-state index < -0.39 is 0 Å². The fourth-order valence-corrected chi connectivity index (χ4v) is 2.59. The van der Waals surface area contributed by atoms with E-state index in [2.05, 4.69) is 84.1 Å². The molecule has 1 N–H and O–H groups in total. The molecule has 24 heavy (non-hydrogen) atoms. The zero-order valence-electron chi connectivity index (χ0n) is 16.3. The van der Waals surface area contributed by atoms with E-state index in [-0.39, 0.29) is 10.8 Å². The van der Waals surface area contributed by atoms with Crippen LogP contribution in [0.25, 0.3) is 11.3 Å². The first-order valence-electron chi connectivity index (χ1n) is 8.98. The van der Waals surface area contributed by atoms with Crippen molar-refractivity contribution in [1.82, 2.24) is 4.98 Å². The Balaban J connectivity index is 2.53. The van der Waals surface area contributed by atoms with E-state index in [1.807, 2.05) is 6.07 Å². The molecule has 2 rings (SSSR count). The smallest absolute Gasteiger partial charge is 0.126 e. The van der Waals surface area contributed by atoms with Gasteiger partial charge in [0.05, 0.1) is 5.69 Å². The van der Waals surface area contributed by atoms with Crippen molar-refractivity contribution in [1.29, 1.82) is 0 Å². The minimum Gasteiger partial charge on any atom is -0.370 e. The van der Waals surface area contributed by atoms with E-state index >= 15 is 0 Å². The lowest BCUT2D eigenvalue weighted by Crippen LogP contribution is -2.16. The fourth-order valence-electron chi connectivity index (χ4n) is 2.59. The molecule has 2 nitrogen and oxygen atoms in total. The zero-order valence-corrected chi connectivity index (χ0v) is 16.3. The quantitative estimate of drug-likeness (QED) is 0.728. The SMILES string of the molecule is CCCNc1cccc(-c2cc(C(C)(C)C)cc(C(C)(C)C)c2)n1. The van der Waals surface area contributed by atoms with Gasteiger partial charge < -0.3 is 5.32 Å². The number of anilines is 1. The summed E-state index contributed by atoms with van der Waals surface area (Å²) in [6.45, 7) is 16.7. The Labute approximate surface area is 147 Å². The highest BCUT2D eigenvalue weighted by Gasteiger charge is 2.21. The van der Waals surface area contributed by atoms with Crippen LogP contribution >= 0.6 is 0 Å². The topological polar surface area (TPSA) is 24.9 Å². The van der Waals surface area contributed by atoms with Crippen molar-refractivity contribution >= 4 is 5.82 Å². The fraction of sp³-hybridized carbons (Fsp3) is 0.500. The molecule has 0 bridgehead atoms. The molecule has 0 aliphatic rings. The second-order valence-electron chi connectivity index (χ2n) is 8.63. The Morgan fingerprint density at radius 2 is 1.46 bits per heavy atom. The number of nitrogens with one attached hydrogen (secondary N) is 1. The van der Waals surface area contributed by atoms with Crippen molar-refractivity contribution in [2.24, 2.45) is 0 Å². The maximum absolute atomic E-state index is 4.82. The molecule has 0 fully saturated rings. The first-order chi connectivity index (χ1) is 11.1. The van der Waals surface area contributed by atoms with Gasteiger partial charge in [0.25, 0.3) is 0 Å². The van der Waals surface area contributed by atoms with Gasteiger partial charge in [-0.2, -0.15) is 0 Å². The van der Waals surface area contributed by atoms with E-state index in [1.54, 1.807) is 0 Å². The molecule has 1 aromatic heterocycles. The largest absolute Gasteiger partial charge is 0.370 e. The van der Waals surface area contributed by atoms with Crippen LogP contribution in [0.1, 0.15) is 66.0 Å². The molecule has 1 heterocycles. The summed E-state index contributed by atoms with van der Waals surface area (Å²) in [7, 11) is 0. The highest BCUT2D eigenvalue weighted by molar-refractivity contribution is 5.64. The Hall–Kier alpha value is -1.83. The van der Waals surface area contributed by atoms with Crippen LogP contribution in [0.5, 0.6) is 0 Å². The average molecular weight is 325 g/mol. The van der Waals surface area contributed by atoms with Gasteiger partial charge in [-0.3, -0.25) is 0 Å². The number of hydrogen-bond acceptors (Lipinski definition) is 2. The van der Waals surface area contributed by atoms with Crippen LogP contribution in [0.3, 0.4) is 0 Å². The summed E-state index contributed by atoms with van der Waals surface area (Å²) < 4.78 is 0. The van der Waals surface area contributed by atoms with Gasteiger partial charge in [-0.1, -0.05) is 60.6 Å². The molecule has 0 unspecified atom stereocenters. The number of rotatable bonds is 4. The molecule has 2 heteroatoms. The average Bonchev–Trinajstić information content (AvgIpc) is 2.51. The lowest BCUT2D eigenvalue weighted by molar-refractivity contribution is 0.569. The van der Waals surface area contributed by atoms with E-state index in [0.29, 0.717) is 0 Å². The molecule has 1 aromatic carbocycles. The molecular formula is C22H32N2. The highest BCUT2D eigenvalue weighted by Crippen LogP contribution is 2.33. The summed E-state index contributed by atoms with van der Waals surface area (Å²) in [5.41, 5.74) is 5.19. The van der Waals surface area contributed by atoms with Crippen LogP contribution in [0.15, 0.2) is 36.4 Å². The Morgan fingerprint density at radius 3 is 1.96 bits per heavy atom. The number of hydrogen-bond donors (Lipinski definition) is 1. The third kappa shape index (κ3) is 4.59. The molecule has 0 amide bonds. The van der Waals surface area contributed by atoms with E-state index in [1.165, 1.54) is 16.7 Å². The summed E-state index contributed by atoms with van der Waals surface area (Å²) in [5.74, 6) is 0.952. The molecule has 130 valence electrons. The Morgan fingerprint density at radius 1 is 0.875 bits per heavy atom. The van der Waals surface area contributed by atoms with Gasteiger partial charge >= 0.3 is 0 Å². The monoisotopic (exact) mass is 324 g/mol. The molecule has 0 spiro atoms. The third-order valence-corrected chi connectivity index (χ3v) is 4.27. The summed E-state index contributed by atoms with van der Waals surface area (Å²) >= 11 is 0. The van der Waals surface area contributed by atoms with Crippen LogP contribution in [-0.4, -0.2) is 11.5 Å². The van der Waals surface area contributed by atoms with Crippen LogP contribution in [0, 0.1) is 0 Å². The predicted molar refractivity (Wildman–Crippen MR) is 106 cm³/mol. The zero-order chi connectivity index (χ0) is 18.0. The Bertz CT molecular complexity index is 656. The van der Waals surface area contributed by atoms with E-state index in [9.17, 15) is 0 Å². The number of aromatic nitrogens is 1. The van der Waals surface area contributed by atoms with Gasteiger partial charge in [0.15, 0.2) is 0 Å². The second-order valence-corrected chi connectivity index (χ2v) is 8.63. The molecule has 0 saturated carbocycles. The standard InChI is InChI=1S/C22H32N2/c1-8-12-23-20-11-9-10-19(24-20)16-13-17(21(2,3)4)15-18(14-16)22(5,6)7/h9-11,13-15H,8,12H2,1-7H3,(H,23,24). The van der Waals surface area contributed by atoms with Crippen LogP contribution in [-0.2, 0) is 10.8 Å². The lowest BCUT2D eigenvalue weighted by atomic mass is 9.79. The molecular weight excluding hydrogens is 292 g/mol. The second kappa shape index (κ2) is 6.96. The number of pyridine rings is 1. The minimum atomic E-state index is 0.119. The lowest BCUT2D eigenvalue weighted by Gasteiger charge is -2.26. The van der Waals surface area contributed by atoms with Crippen LogP contribution < -0.4 is 5.32 Å². The van der Waals surface area contributed by atoms with Crippen molar-refractivity contribution in [2.45, 2.75) is 65.7 Å². The Kier molecular flexibility index (Phi) is 5.37. The molecule has 0 atom stereocenters. The summed E-state index contributed by atoms with van der Waals surface area (Å²) in [5, 5.41) is 3.38. The maximum atomic E-state index is 4.82. The van der Waals surface area contributed by atoms with Gasteiger partial charge in [0, 0.05) is 12.1 Å². The van der Waals surface area contributed by atoms with Gasteiger partial charge in [-0.15, -0.1) is 0 Å². The first-order valence-corrected chi connectivity index (χ1v) is 8.98. The van der Waals surface area contributed by atoms with Gasteiger partial charge in [-0.05, 0) is 52.6 Å². The molecule has 0 aliphatic heterocycles. The first kappa shape index (κ1) is 18.5. The minimum absolute atomic E-state index is 0.119. The van der Waals surface area contributed by atoms with Crippen molar-refractivity contribution < 1.29 is 0 Å². The van der Waals surface area contributed by atoms with Gasteiger partial charge in [-0.25, -0.2) is 4.98 Å². The van der Waals surface area contributed by atoms with Crippen molar-refractivity contribution in [3.63, 3.8) is 0 Å². The molecule has 0 saturated heterocycles. The van der Waals surface area contributed by atoms with Crippen LogP contribution in [0.4, 0.5) is 5.82 Å².